The number of halogens is 2. The van der Waals surface area contributed by atoms with Crippen LogP contribution in [-0.2, 0) is 30.1 Å². The van der Waals surface area contributed by atoms with Crippen LogP contribution in [0.2, 0.25) is 18.1 Å². The second kappa shape index (κ2) is 20.6. The number of nitrogens with zero attached hydrogens (tertiary/aromatic N) is 4. The average molecular weight is 951 g/mol. The summed E-state index contributed by atoms with van der Waals surface area (Å²) < 4.78 is 38.1. The van der Waals surface area contributed by atoms with E-state index >= 15 is 0 Å². The van der Waals surface area contributed by atoms with Gasteiger partial charge in [-0.1, -0.05) is 121 Å². The van der Waals surface area contributed by atoms with Gasteiger partial charge < -0.3 is 9.53 Å². The van der Waals surface area contributed by atoms with Crippen molar-refractivity contribution in [3.8, 4) is 11.4 Å². The standard InChI is InChI=1S/C32H41FN2OSi.C26H27FN2O.2CH4/c1-31(2,3)37(5,6)36-30(19-23-11-8-7-9-12-23)28-14-10-13-25-20-29-24(21-32(25,28)4)22-34-35(29)27-17-15-26(33)16-18-27;1-26-16-19-17-28-29(22-12-10-21(27)11-13-22)24(19)15-20(26)8-5-9-23(26)25(30)14-18-6-3-2-4-7-18;;/h7-9,11-12,15-18,20,22,28,30H,10,13-14,19,21H2,1-6H3;2-4,6-7,10-13,15,17,23,25,30H,5,8-9,14,16H2,1H3;2*1H4/t28-,30-,32+;23-,25+,26+;;/m11../s1. The van der Waals surface area contributed by atoms with Crippen LogP contribution < -0.4 is 0 Å². The summed E-state index contributed by atoms with van der Waals surface area (Å²) in [5.74, 6) is 0.189. The molecule has 0 bridgehead atoms. The third-order valence-corrected chi connectivity index (χ3v) is 20.9. The van der Waals surface area contributed by atoms with Crippen LogP contribution in [0.4, 0.5) is 8.78 Å². The van der Waals surface area contributed by atoms with Gasteiger partial charge in [-0.3, -0.25) is 0 Å². The van der Waals surface area contributed by atoms with E-state index in [4.69, 9.17) is 9.52 Å². The highest BCUT2D eigenvalue weighted by Gasteiger charge is 2.50. The molecule has 0 unspecified atom stereocenters. The maximum Gasteiger partial charge on any atom is 0.192 e. The van der Waals surface area contributed by atoms with E-state index in [-0.39, 0.29) is 60.5 Å². The van der Waals surface area contributed by atoms with Gasteiger partial charge in [0.15, 0.2) is 8.32 Å². The van der Waals surface area contributed by atoms with Crippen molar-refractivity contribution < 1.29 is 18.3 Å². The first-order valence-electron chi connectivity index (χ1n) is 24.5. The van der Waals surface area contributed by atoms with Gasteiger partial charge in [0.2, 0.25) is 0 Å². The lowest BCUT2D eigenvalue weighted by Gasteiger charge is -2.51. The molecule has 1 N–H and O–H groups in total. The molecule has 6 atom stereocenters. The van der Waals surface area contributed by atoms with E-state index in [1.165, 1.54) is 70.5 Å². The molecular formula is C60H76F2N4O2Si. The van der Waals surface area contributed by atoms with Gasteiger partial charge in [0.25, 0.3) is 0 Å². The maximum absolute atomic E-state index is 13.6. The molecule has 2 saturated carbocycles. The second-order valence-corrected chi connectivity index (χ2v) is 26.5. The Kier molecular flexibility index (Phi) is 15.4. The van der Waals surface area contributed by atoms with Crippen molar-refractivity contribution in [3.63, 3.8) is 0 Å². The van der Waals surface area contributed by atoms with Gasteiger partial charge in [-0.2, -0.15) is 10.2 Å². The molecule has 10 rings (SSSR count). The Balaban J connectivity index is 0.000000202. The van der Waals surface area contributed by atoms with E-state index < -0.39 is 8.32 Å². The zero-order valence-electron chi connectivity index (χ0n) is 40.5. The summed E-state index contributed by atoms with van der Waals surface area (Å²) in [6.07, 6.45) is 18.6. The molecule has 69 heavy (non-hydrogen) atoms. The van der Waals surface area contributed by atoms with Crippen molar-refractivity contribution in [3.05, 3.63) is 178 Å². The summed E-state index contributed by atoms with van der Waals surface area (Å²) in [6.45, 7) is 16.6. The molecule has 0 amide bonds. The van der Waals surface area contributed by atoms with Gasteiger partial charge in [-0.15, -0.1) is 0 Å². The zero-order valence-corrected chi connectivity index (χ0v) is 41.5. The van der Waals surface area contributed by atoms with Gasteiger partial charge in [-0.25, -0.2) is 18.1 Å². The van der Waals surface area contributed by atoms with Crippen molar-refractivity contribution in [1.29, 1.82) is 0 Å². The summed E-state index contributed by atoms with van der Waals surface area (Å²) in [4.78, 5) is 0. The number of benzene rings is 4. The number of rotatable bonds is 10. The van der Waals surface area contributed by atoms with E-state index in [1.807, 2.05) is 52.1 Å². The van der Waals surface area contributed by atoms with Crippen LogP contribution in [0.25, 0.3) is 23.5 Å². The molecule has 0 aliphatic heterocycles. The lowest BCUT2D eigenvalue weighted by atomic mass is 9.58. The number of aromatic nitrogens is 4. The summed E-state index contributed by atoms with van der Waals surface area (Å²) in [7, 11) is -1.98. The number of aliphatic hydroxyl groups is 1. The van der Waals surface area contributed by atoms with Gasteiger partial charge in [0.1, 0.15) is 11.6 Å². The van der Waals surface area contributed by atoms with Gasteiger partial charge in [-0.05, 0) is 188 Å². The van der Waals surface area contributed by atoms with Crippen LogP contribution in [0.1, 0.15) is 122 Å². The first kappa shape index (κ1) is 51.6. The van der Waals surface area contributed by atoms with Gasteiger partial charge in [0, 0.05) is 0 Å². The third kappa shape index (κ3) is 10.5. The molecule has 4 aliphatic rings. The second-order valence-electron chi connectivity index (χ2n) is 21.8. The summed E-state index contributed by atoms with van der Waals surface area (Å²) >= 11 is 0. The molecule has 0 spiro atoms. The Hall–Kier alpha value is -5.22. The summed E-state index contributed by atoms with van der Waals surface area (Å²) in [6, 6.07) is 34.2. The van der Waals surface area contributed by atoms with Crippen molar-refractivity contribution in [2.24, 2.45) is 22.7 Å². The van der Waals surface area contributed by atoms with Crippen molar-refractivity contribution in [2.45, 2.75) is 144 Å². The largest absolute Gasteiger partial charge is 0.413 e. The van der Waals surface area contributed by atoms with Gasteiger partial charge in [0.05, 0.1) is 47.4 Å². The van der Waals surface area contributed by atoms with Crippen LogP contribution in [-0.4, -0.2) is 45.2 Å². The molecular weight excluding hydrogens is 875 g/mol. The predicted molar refractivity (Wildman–Crippen MR) is 283 cm³/mol. The van der Waals surface area contributed by atoms with Gasteiger partial charge >= 0.3 is 0 Å². The summed E-state index contributed by atoms with van der Waals surface area (Å²) in [5, 5.41) is 20.7. The van der Waals surface area contributed by atoms with Crippen molar-refractivity contribution in [1.82, 2.24) is 19.6 Å². The Labute approximate surface area is 412 Å². The molecule has 2 fully saturated rings. The molecule has 4 aliphatic carbocycles. The minimum Gasteiger partial charge on any atom is -0.413 e. The molecule has 9 heteroatoms. The molecule has 0 radical (unpaired) electrons. The fraction of sp³-hybridized carbons (Fsp3) is 0.433. The van der Waals surface area contributed by atoms with Crippen LogP contribution in [0, 0.1) is 34.3 Å². The number of allylic oxidation sites excluding steroid dienone is 2. The highest BCUT2D eigenvalue weighted by atomic mass is 28.4. The molecule has 6 nitrogen and oxygen atoms in total. The minimum atomic E-state index is -1.98. The molecule has 4 aromatic carbocycles. The topological polar surface area (TPSA) is 65.1 Å². The van der Waals surface area contributed by atoms with E-state index in [0.29, 0.717) is 12.3 Å². The number of fused-ring (bicyclic) bond motifs is 4. The van der Waals surface area contributed by atoms with Crippen LogP contribution in [0.5, 0.6) is 0 Å². The molecule has 0 saturated heterocycles. The average Bonchev–Trinajstić information content (AvgIpc) is 3.90. The van der Waals surface area contributed by atoms with E-state index in [2.05, 4.69) is 107 Å². The van der Waals surface area contributed by atoms with Crippen LogP contribution in [0.15, 0.2) is 133 Å². The molecule has 366 valence electrons. The minimum absolute atomic E-state index is 0. The SMILES string of the molecule is C.C.CC(C)(C)[Si](C)(C)O[C@H](Cc1ccccc1)[C@H]1CCCC2=Cc3c(cnn3-c3ccc(F)cc3)C[C@@]21C.C[C@]12Cc3cnn(-c4ccc(F)cc4)c3C=C1CCC[C@@H]2[C@@H](O)Cc1ccccc1. The Morgan fingerprint density at radius 3 is 1.52 bits per heavy atom. The van der Waals surface area contributed by atoms with Crippen LogP contribution in [0.3, 0.4) is 0 Å². The van der Waals surface area contributed by atoms with Crippen LogP contribution >= 0.6 is 0 Å². The highest BCUT2D eigenvalue weighted by Crippen LogP contribution is 2.55. The van der Waals surface area contributed by atoms with Crippen molar-refractivity contribution >= 4 is 20.5 Å². The first-order chi connectivity index (χ1) is 32.0. The fourth-order valence-corrected chi connectivity index (χ4v) is 13.0. The number of aliphatic hydroxyl groups excluding tert-OH is 1. The molecule has 2 aromatic heterocycles. The third-order valence-electron chi connectivity index (χ3n) is 16.4. The van der Waals surface area contributed by atoms with E-state index in [9.17, 15) is 13.9 Å². The lowest BCUT2D eigenvalue weighted by molar-refractivity contribution is 0.0234. The lowest BCUT2D eigenvalue weighted by Crippen LogP contribution is -2.51. The normalized spacial score (nSPS) is 22.6. The highest BCUT2D eigenvalue weighted by molar-refractivity contribution is 6.74. The molecule has 6 aromatic rings. The fourth-order valence-electron chi connectivity index (χ4n) is 11.6. The Morgan fingerprint density at radius 1 is 0.652 bits per heavy atom. The number of hydrogen-bond acceptors (Lipinski definition) is 4. The first-order valence-corrected chi connectivity index (χ1v) is 27.4. The number of hydrogen-bond donors (Lipinski definition) is 1. The maximum atomic E-state index is 13.6. The Bertz CT molecular complexity index is 2720. The van der Waals surface area contributed by atoms with Crippen molar-refractivity contribution in [2.75, 3.05) is 0 Å². The monoisotopic (exact) mass is 951 g/mol. The zero-order chi connectivity index (χ0) is 47.1. The van der Waals surface area contributed by atoms with E-state index in [0.717, 1.165) is 67.7 Å². The quantitative estimate of drug-likeness (QED) is 0.139. The smallest absolute Gasteiger partial charge is 0.192 e. The molecule has 2 heterocycles. The Morgan fingerprint density at radius 2 is 1.07 bits per heavy atom. The predicted octanol–water partition coefficient (Wildman–Crippen LogP) is 15.0. The van der Waals surface area contributed by atoms with E-state index in [1.54, 1.807) is 12.1 Å². The summed E-state index contributed by atoms with van der Waals surface area (Å²) in [5.41, 5.74) is 11.9.